The fourth-order valence-corrected chi connectivity index (χ4v) is 4.16. The minimum Gasteiger partial charge on any atom is -0.463 e. The van der Waals surface area contributed by atoms with Crippen molar-refractivity contribution in [1.29, 1.82) is 0 Å². The first kappa shape index (κ1) is 20.9. The fraction of sp³-hybridized carbons (Fsp3) is 0.435. The summed E-state index contributed by atoms with van der Waals surface area (Å²) < 4.78 is 57.8. The summed E-state index contributed by atoms with van der Waals surface area (Å²) in [6.07, 6.45) is -5.84. The molecule has 3 rings (SSSR count). The summed E-state index contributed by atoms with van der Waals surface area (Å²) in [5.74, 6) is -4.21. The fourth-order valence-electron chi connectivity index (χ4n) is 3.88. The second kappa shape index (κ2) is 10.9. The lowest BCUT2D eigenvalue weighted by Crippen LogP contribution is -2.60. The van der Waals surface area contributed by atoms with Gasteiger partial charge in [0.05, 0.1) is 10.5 Å². The largest absolute Gasteiger partial charge is 0.463 e. The van der Waals surface area contributed by atoms with Gasteiger partial charge in [-0.05, 0) is 12.1 Å². The summed E-state index contributed by atoms with van der Waals surface area (Å²) in [5, 5.41) is 0.534. The van der Waals surface area contributed by atoms with Gasteiger partial charge >= 0.3 is 23.9 Å². The number of fused-ring (bicyclic) bond motifs is 1. The number of carbonyl (C=O) groups excluding carboxylic acids is 5. The van der Waals surface area contributed by atoms with E-state index in [1.807, 2.05) is 0 Å². The number of carbonyl (C=O) groups is 5. The number of aromatic nitrogens is 1. The van der Waals surface area contributed by atoms with Crippen LogP contribution in [0, 0.1) is 0 Å². The number of benzene rings is 1. The van der Waals surface area contributed by atoms with Crippen molar-refractivity contribution in [3.05, 3.63) is 35.0 Å². The van der Waals surface area contributed by atoms with Gasteiger partial charge in [0.15, 0.2) is 30.8 Å². The molecule has 1 aromatic carbocycles. The molecule has 2 aromatic rings. The Labute approximate surface area is 210 Å². The Kier molecular flexibility index (Phi) is 6.49. The van der Waals surface area contributed by atoms with Gasteiger partial charge in [-0.2, -0.15) is 0 Å². The van der Waals surface area contributed by atoms with Gasteiger partial charge in [-0.25, -0.2) is 0 Å². The first-order chi connectivity index (χ1) is 18.7. The molecule has 0 amide bonds. The first-order valence-corrected chi connectivity index (χ1v) is 10.4. The molecular formula is C23H24ClNO10. The molecule has 2 heterocycles. The smallest absolute Gasteiger partial charge is 0.303 e. The normalized spacial score (nSPS) is 25.3. The first-order valence-electron chi connectivity index (χ1n) is 12.8. The molecule has 1 aliphatic rings. The zero-order valence-corrected chi connectivity index (χ0v) is 19.0. The topological polar surface area (TPSA) is 136 Å². The molecule has 0 aliphatic carbocycles. The van der Waals surface area contributed by atoms with Crippen molar-refractivity contribution >= 4 is 52.7 Å². The van der Waals surface area contributed by atoms with Crippen LogP contribution in [0.3, 0.4) is 0 Å². The second-order valence-corrected chi connectivity index (χ2v) is 7.76. The third-order valence-corrected chi connectivity index (χ3v) is 5.37. The van der Waals surface area contributed by atoms with Crippen LogP contribution in [0.25, 0.3) is 10.9 Å². The average molecular weight is 514 g/mol. The van der Waals surface area contributed by atoms with Crippen LogP contribution in [0.4, 0.5) is 0 Å². The molecular weight excluding hydrogens is 486 g/mol. The van der Waals surface area contributed by atoms with Crippen molar-refractivity contribution in [2.24, 2.45) is 0 Å². The minimum atomic E-state index is -1.66. The maximum absolute atomic E-state index is 12.3. The summed E-state index contributed by atoms with van der Waals surface area (Å²) >= 11 is 6.31. The van der Waals surface area contributed by atoms with E-state index in [0.717, 1.165) is 0 Å². The van der Waals surface area contributed by atoms with Crippen molar-refractivity contribution < 1.29 is 53.1 Å². The standard InChI is InChI=1S/C23H24ClNO10/c1-11(27)31-10-18-20(32-12(2)28)21(33-13(3)29)22(34-14(4)30)23(35-18)25-8-15(9-26)19-16(24)6-5-7-17(19)25/h5-9,18,20-23H,10H2,1-4H3/t18-,20-,21+,22-,23?/m1/s1/i1D,2D,3D,4D. The van der Waals surface area contributed by atoms with Crippen molar-refractivity contribution in [3.63, 3.8) is 0 Å². The third kappa shape index (κ3) is 5.80. The lowest BCUT2D eigenvalue weighted by atomic mass is 9.97. The molecule has 1 unspecified atom stereocenters. The lowest BCUT2D eigenvalue weighted by molar-refractivity contribution is -0.267. The maximum Gasteiger partial charge on any atom is 0.303 e. The van der Waals surface area contributed by atoms with Crippen molar-refractivity contribution in [3.8, 4) is 0 Å². The van der Waals surface area contributed by atoms with E-state index in [9.17, 15) is 24.0 Å². The highest BCUT2D eigenvalue weighted by molar-refractivity contribution is 6.36. The van der Waals surface area contributed by atoms with E-state index in [0.29, 0.717) is 17.2 Å². The van der Waals surface area contributed by atoms with Gasteiger partial charge in [-0.3, -0.25) is 24.0 Å². The zero-order chi connectivity index (χ0) is 28.7. The predicted molar refractivity (Wildman–Crippen MR) is 120 cm³/mol. The van der Waals surface area contributed by atoms with Gasteiger partial charge in [-0.15, -0.1) is 0 Å². The second-order valence-electron chi connectivity index (χ2n) is 7.36. The number of halogens is 1. The van der Waals surface area contributed by atoms with Crippen LogP contribution in [-0.4, -0.2) is 65.8 Å². The Hall–Kier alpha value is -3.44. The molecule has 1 saturated heterocycles. The van der Waals surface area contributed by atoms with E-state index >= 15 is 0 Å². The molecule has 0 saturated carbocycles. The molecule has 0 spiro atoms. The minimum absolute atomic E-state index is 0.129. The SMILES string of the molecule is [2H]CC(=O)OC[C@H]1OC(n2cc(C=O)c3c(Cl)cccc32)[C@H](OC(=O)C[2H])[C@@H](OC(=O)C[2H])[C@@H]1OC(=O)C[2H]. The van der Waals surface area contributed by atoms with Crippen LogP contribution in [-0.2, 0) is 42.9 Å². The number of aldehydes is 1. The van der Waals surface area contributed by atoms with Gasteiger partial charge in [0.2, 0.25) is 0 Å². The highest BCUT2D eigenvalue weighted by atomic mass is 35.5. The van der Waals surface area contributed by atoms with E-state index in [2.05, 4.69) is 0 Å². The van der Waals surface area contributed by atoms with Crippen LogP contribution in [0.2, 0.25) is 5.02 Å². The molecule has 5 atom stereocenters. The van der Waals surface area contributed by atoms with Crippen LogP contribution in [0.5, 0.6) is 0 Å². The molecule has 1 aliphatic heterocycles. The molecule has 1 aromatic heterocycles. The highest BCUT2D eigenvalue weighted by Crippen LogP contribution is 2.38. The Balaban J connectivity index is 2.21. The lowest BCUT2D eigenvalue weighted by Gasteiger charge is -2.44. The Morgan fingerprint density at radius 2 is 1.63 bits per heavy atom. The number of esters is 4. The number of hydrogen-bond donors (Lipinski definition) is 0. The van der Waals surface area contributed by atoms with E-state index in [1.54, 1.807) is 18.2 Å². The van der Waals surface area contributed by atoms with Crippen molar-refractivity contribution in [1.82, 2.24) is 4.57 Å². The van der Waals surface area contributed by atoms with E-state index in [1.165, 1.54) is 10.8 Å². The van der Waals surface area contributed by atoms with Crippen LogP contribution >= 0.6 is 11.6 Å². The van der Waals surface area contributed by atoms with Crippen LogP contribution in [0.1, 0.15) is 49.7 Å². The van der Waals surface area contributed by atoms with E-state index in [4.69, 9.17) is 40.8 Å². The molecule has 188 valence electrons. The van der Waals surface area contributed by atoms with Crippen molar-refractivity contribution in [2.75, 3.05) is 6.61 Å². The molecule has 0 N–H and O–H groups in total. The molecule has 0 radical (unpaired) electrons. The van der Waals surface area contributed by atoms with Crippen LogP contribution < -0.4 is 0 Å². The quantitative estimate of drug-likeness (QED) is 0.308. The molecule has 11 nitrogen and oxygen atoms in total. The molecule has 35 heavy (non-hydrogen) atoms. The number of rotatable bonds is 7. The number of ether oxygens (including phenoxy) is 5. The summed E-state index contributed by atoms with van der Waals surface area (Å²) in [5.41, 5.74) is 0.458. The summed E-state index contributed by atoms with van der Waals surface area (Å²) in [4.78, 5) is 60.3. The number of hydrogen-bond acceptors (Lipinski definition) is 10. The molecule has 1 fully saturated rings. The monoisotopic (exact) mass is 513 g/mol. The van der Waals surface area contributed by atoms with Crippen LogP contribution in [0.15, 0.2) is 24.4 Å². The predicted octanol–water partition coefficient (Wildman–Crippen LogP) is 2.36. The molecule has 12 heteroatoms. The average Bonchev–Trinajstić information content (AvgIpc) is 3.33. The Morgan fingerprint density at radius 1 is 1.00 bits per heavy atom. The van der Waals surface area contributed by atoms with Gasteiger partial charge < -0.3 is 28.3 Å². The van der Waals surface area contributed by atoms with E-state index in [-0.39, 0.29) is 10.6 Å². The van der Waals surface area contributed by atoms with Gasteiger partial charge in [0.1, 0.15) is 12.7 Å². The number of nitrogens with zero attached hydrogens (tertiary/aromatic N) is 1. The Bertz CT molecular complexity index is 1240. The molecule has 0 bridgehead atoms. The Morgan fingerprint density at radius 3 is 2.26 bits per heavy atom. The summed E-state index contributed by atoms with van der Waals surface area (Å²) in [7, 11) is 0. The highest BCUT2D eigenvalue weighted by Gasteiger charge is 2.53. The van der Waals surface area contributed by atoms with Gasteiger partial charge in [0, 0.05) is 50.2 Å². The van der Waals surface area contributed by atoms with Gasteiger partial charge in [-0.1, -0.05) is 17.7 Å². The van der Waals surface area contributed by atoms with E-state index < -0.39 is 88.7 Å². The summed E-state index contributed by atoms with van der Waals surface area (Å²) in [6, 6.07) is 4.69. The third-order valence-electron chi connectivity index (χ3n) is 5.06. The zero-order valence-electron chi connectivity index (χ0n) is 22.2. The van der Waals surface area contributed by atoms with Gasteiger partial charge in [0.25, 0.3) is 0 Å². The maximum atomic E-state index is 12.3. The van der Waals surface area contributed by atoms with Crippen molar-refractivity contribution in [2.45, 2.75) is 58.2 Å². The summed E-state index contributed by atoms with van der Waals surface area (Å²) in [6.45, 7) is -3.91.